The molecule has 138 valence electrons. The van der Waals surface area contributed by atoms with Crippen LogP contribution < -0.4 is 0 Å². The van der Waals surface area contributed by atoms with Crippen molar-refractivity contribution in [2.24, 2.45) is 5.92 Å². The molecule has 0 radical (unpaired) electrons. The number of carbonyl (C=O) groups excluding carboxylic acids is 3. The number of ketones is 1. The Kier molecular flexibility index (Phi) is 6.00. The lowest BCUT2D eigenvalue weighted by Crippen LogP contribution is -2.46. The molecule has 0 aromatic carbocycles. The van der Waals surface area contributed by atoms with E-state index in [2.05, 4.69) is 4.98 Å². The van der Waals surface area contributed by atoms with E-state index in [-0.39, 0.29) is 23.3 Å². The van der Waals surface area contributed by atoms with Gasteiger partial charge in [-0.3, -0.25) is 9.59 Å². The summed E-state index contributed by atoms with van der Waals surface area (Å²) in [7, 11) is 2.86. The number of nitrogens with zero attached hydrogens (tertiary/aromatic N) is 1. The van der Waals surface area contributed by atoms with Crippen LogP contribution in [-0.4, -0.2) is 61.0 Å². The Balaban J connectivity index is 2.29. The van der Waals surface area contributed by atoms with Gasteiger partial charge < -0.3 is 19.4 Å². The number of esters is 1. The van der Waals surface area contributed by atoms with Crippen LogP contribution in [0.15, 0.2) is 0 Å². The second-order valence-electron chi connectivity index (χ2n) is 6.46. The number of carbonyl (C=O) groups is 3. The summed E-state index contributed by atoms with van der Waals surface area (Å²) in [5.74, 6) is -0.688. The van der Waals surface area contributed by atoms with Crippen LogP contribution in [0.4, 0.5) is 0 Å². The van der Waals surface area contributed by atoms with Gasteiger partial charge >= 0.3 is 5.97 Å². The van der Waals surface area contributed by atoms with Crippen molar-refractivity contribution in [2.75, 3.05) is 27.4 Å². The van der Waals surface area contributed by atoms with Gasteiger partial charge in [0, 0.05) is 30.8 Å². The minimum atomic E-state index is -0.623. The first-order valence-electron chi connectivity index (χ1n) is 8.44. The largest absolute Gasteiger partial charge is 0.464 e. The molecule has 0 saturated heterocycles. The predicted molar refractivity (Wildman–Crippen MR) is 91.7 cm³/mol. The quantitative estimate of drug-likeness (QED) is 0.571. The minimum absolute atomic E-state index is 0.00284. The van der Waals surface area contributed by atoms with Crippen molar-refractivity contribution in [3.8, 4) is 0 Å². The van der Waals surface area contributed by atoms with Crippen molar-refractivity contribution in [3.63, 3.8) is 0 Å². The lowest BCUT2D eigenvalue weighted by atomic mass is 9.99. The highest BCUT2D eigenvalue weighted by molar-refractivity contribution is 6.06. The maximum Gasteiger partial charge on any atom is 0.354 e. The van der Waals surface area contributed by atoms with Gasteiger partial charge in [0.05, 0.1) is 19.8 Å². The van der Waals surface area contributed by atoms with Crippen LogP contribution in [0.5, 0.6) is 0 Å². The van der Waals surface area contributed by atoms with Gasteiger partial charge in [-0.1, -0.05) is 0 Å². The standard InChI is InChI=1S/C18H26N2O5/c1-10-14(11(2)19-15(10)18(23)25-5)16(21)12(3)20(8-9-24-4)17(22)13-6-7-13/h12-13,19H,6-9H2,1-5H3/t12-/m1/s1. The van der Waals surface area contributed by atoms with Crippen LogP contribution in [0.25, 0.3) is 0 Å². The maximum absolute atomic E-state index is 13.1. The Morgan fingerprint density at radius 3 is 2.40 bits per heavy atom. The van der Waals surface area contributed by atoms with E-state index in [0.29, 0.717) is 30.0 Å². The molecule has 1 aliphatic carbocycles. The number of hydrogen-bond acceptors (Lipinski definition) is 5. The van der Waals surface area contributed by atoms with Crippen LogP contribution in [0, 0.1) is 19.8 Å². The monoisotopic (exact) mass is 350 g/mol. The van der Waals surface area contributed by atoms with Gasteiger partial charge in [-0.25, -0.2) is 4.79 Å². The molecule has 1 aliphatic rings. The van der Waals surface area contributed by atoms with Crippen molar-refractivity contribution < 1.29 is 23.9 Å². The van der Waals surface area contributed by atoms with Gasteiger partial charge in [0.1, 0.15) is 5.69 Å². The van der Waals surface area contributed by atoms with Crippen LogP contribution in [0.3, 0.4) is 0 Å². The number of methoxy groups -OCH3 is 2. The number of Topliss-reactive ketones (excluding diaryl/α,β-unsaturated/α-hetero) is 1. The highest BCUT2D eigenvalue weighted by Gasteiger charge is 2.38. The van der Waals surface area contributed by atoms with E-state index in [4.69, 9.17) is 9.47 Å². The van der Waals surface area contributed by atoms with Crippen LogP contribution >= 0.6 is 0 Å². The molecule has 25 heavy (non-hydrogen) atoms. The van der Waals surface area contributed by atoms with E-state index >= 15 is 0 Å². The fraction of sp³-hybridized carbons (Fsp3) is 0.611. The normalized spacial score (nSPS) is 14.9. The molecule has 1 aromatic heterocycles. The number of ether oxygens (including phenoxy) is 2. The number of rotatable bonds is 8. The summed E-state index contributed by atoms with van der Waals surface area (Å²) in [4.78, 5) is 42.0. The number of aromatic amines is 1. The van der Waals surface area contributed by atoms with E-state index in [0.717, 1.165) is 12.8 Å². The second-order valence-corrected chi connectivity index (χ2v) is 6.46. The van der Waals surface area contributed by atoms with Crippen molar-refractivity contribution >= 4 is 17.7 Å². The highest BCUT2D eigenvalue weighted by Crippen LogP contribution is 2.32. The molecule has 0 aliphatic heterocycles. The lowest BCUT2D eigenvalue weighted by molar-refractivity contribution is -0.134. The average molecular weight is 350 g/mol. The molecule has 1 amide bonds. The fourth-order valence-corrected chi connectivity index (χ4v) is 3.03. The summed E-state index contributed by atoms with van der Waals surface area (Å²) in [6.07, 6.45) is 1.75. The summed E-state index contributed by atoms with van der Waals surface area (Å²) in [6, 6.07) is -0.623. The van der Waals surface area contributed by atoms with Crippen molar-refractivity contribution in [1.29, 1.82) is 0 Å². The molecular weight excluding hydrogens is 324 g/mol. The van der Waals surface area contributed by atoms with Crippen LogP contribution in [0.2, 0.25) is 0 Å². The Morgan fingerprint density at radius 1 is 1.24 bits per heavy atom. The fourth-order valence-electron chi connectivity index (χ4n) is 3.03. The molecule has 1 aromatic rings. The molecule has 0 spiro atoms. The second kappa shape index (κ2) is 7.82. The lowest BCUT2D eigenvalue weighted by Gasteiger charge is -2.28. The molecule has 2 rings (SSSR count). The molecule has 0 bridgehead atoms. The van der Waals surface area contributed by atoms with Crippen molar-refractivity contribution in [1.82, 2.24) is 9.88 Å². The summed E-state index contributed by atoms with van der Waals surface area (Å²) >= 11 is 0. The van der Waals surface area contributed by atoms with E-state index in [1.165, 1.54) is 7.11 Å². The van der Waals surface area contributed by atoms with E-state index in [9.17, 15) is 14.4 Å². The summed E-state index contributed by atoms with van der Waals surface area (Å²) in [5, 5.41) is 0. The third-order valence-electron chi connectivity index (χ3n) is 4.67. The van der Waals surface area contributed by atoms with Crippen molar-refractivity contribution in [3.05, 3.63) is 22.5 Å². The number of nitrogens with one attached hydrogen (secondary N) is 1. The third kappa shape index (κ3) is 3.92. The zero-order chi connectivity index (χ0) is 18.7. The minimum Gasteiger partial charge on any atom is -0.464 e. The number of aryl methyl sites for hydroxylation is 1. The molecule has 1 saturated carbocycles. The van der Waals surface area contributed by atoms with E-state index in [1.54, 1.807) is 32.8 Å². The van der Waals surface area contributed by atoms with E-state index in [1.807, 2.05) is 0 Å². The Morgan fingerprint density at radius 2 is 1.88 bits per heavy atom. The third-order valence-corrected chi connectivity index (χ3v) is 4.67. The first-order valence-corrected chi connectivity index (χ1v) is 8.44. The maximum atomic E-state index is 13.1. The molecule has 1 heterocycles. The van der Waals surface area contributed by atoms with Crippen LogP contribution in [0.1, 0.15) is 51.9 Å². The topological polar surface area (TPSA) is 88.7 Å². The molecule has 1 fully saturated rings. The van der Waals surface area contributed by atoms with Gasteiger partial charge in [0.15, 0.2) is 5.78 Å². The van der Waals surface area contributed by atoms with Gasteiger partial charge in [-0.15, -0.1) is 0 Å². The summed E-state index contributed by atoms with van der Waals surface area (Å²) in [6.45, 7) is 5.90. The first-order chi connectivity index (χ1) is 11.8. The van der Waals surface area contributed by atoms with Gasteiger partial charge in [-0.2, -0.15) is 0 Å². The number of H-pyrrole nitrogens is 1. The average Bonchev–Trinajstić information content (AvgIpc) is 3.39. The highest BCUT2D eigenvalue weighted by atomic mass is 16.5. The molecule has 7 heteroatoms. The predicted octanol–water partition coefficient (Wildman–Crippen LogP) is 1.87. The molecule has 7 nitrogen and oxygen atoms in total. The number of aromatic nitrogens is 1. The Labute approximate surface area is 147 Å². The number of amides is 1. The zero-order valence-electron chi connectivity index (χ0n) is 15.5. The zero-order valence-corrected chi connectivity index (χ0v) is 15.5. The number of hydrogen-bond donors (Lipinski definition) is 1. The van der Waals surface area contributed by atoms with Crippen molar-refractivity contribution in [2.45, 2.75) is 39.7 Å². The first kappa shape index (κ1) is 19.2. The van der Waals surface area contributed by atoms with E-state index < -0.39 is 12.0 Å². The molecular formula is C18H26N2O5. The van der Waals surface area contributed by atoms with Gasteiger partial charge in [0.2, 0.25) is 5.91 Å². The SMILES string of the molecule is COCCN(C(=O)C1CC1)[C@H](C)C(=O)c1c(C)[nH]c(C(=O)OC)c1C. The van der Waals surface area contributed by atoms with Gasteiger partial charge in [-0.05, 0) is 39.2 Å². The molecule has 0 unspecified atom stereocenters. The Hall–Kier alpha value is -2.15. The molecule has 1 atom stereocenters. The molecule has 1 N–H and O–H groups in total. The Bertz CT molecular complexity index is 675. The summed E-state index contributed by atoms with van der Waals surface area (Å²) < 4.78 is 9.82. The van der Waals surface area contributed by atoms with Gasteiger partial charge in [0.25, 0.3) is 0 Å². The summed E-state index contributed by atoms with van der Waals surface area (Å²) in [5.41, 5.74) is 1.86. The van der Waals surface area contributed by atoms with Crippen LogP contribution in [-0.2, 0) is 14.3 Å². The smallest absolute Gasteiger partial charge is 0.354 e.